The van der Waals surface area contributed by atoms with Gasteiger partial charge in [-0.15, -0.1) is 0 Å². The van der Waals surface area contributed by atoms with E-state index in [1.807, 2.05) is 17.8 Å². The summed E-state index contributed by atoms with van der Waals surface area (Å²) < 4.78 is 0. The Morgan fingerprint density at radius 2 is 2.40 bits per heavy atom. The molecule has 0 spiro atoms. The monoisotopic (exact) mass is 226 g/mol. The van der Waals surface area contributed by atoms with Gasteiger partial charge in [-0.1, -0.05) is 6.92 Å². The van der Waals surface area contributed by atoms with Crippen molar-refractivity contribution in [1.82, 2.24) is 10.3 Å². The van der Waals surface area contributed by atoms with Gasteiger partial charge in [0, 0.05) is 30.6 Å². The van der Waals surface area contributed by atoms with Gasteiger partial charge < -0.3 is 10.3 Å². The van der Waals surface area contributed by atoms with Crippen LogP contribution in [0.3, 0.4) is 0 Å². The minimum atomic E-state index is -0.0379. The maximum Gasteiger partial charge on any atom is 0.248 e. The molecule has 1 rings (SSSR count). The van der Waals surface area contributed by atoms with Crippen LogP contribution in [-0.4, -0.2) is 23.0 Å². The van der Waals surface area contributed by atoms with Gasteiger partial charge in [0.2, 0.25) is 5.56 Å². The Kier molecular flexibility index (Phi) is 5.50. The zero-order chi connectivity index (χ0) is 11.1. The van der Waals surface area contributed by atoms with E-state index in [0.717, 1.165) is 23.6 Å². The van der Waals surface area contributed by atoms with Gasteiger partial charge >= 0.3 is 0 Å². The molecule has 0 saturated carbocycles. The molecule has 2 N–H and O–H groups in total. The van der Waals surface area contributed by atoms with Crippen molar-refractivity contribution in [3.8, 4) is 0 Å². The average Bonchev–Trinajstić information content (AvgIpc) is 2.24. The summed E-state index contributed by atoms with van der Waals surface area (Å²) in [4.78, 5) is 13.7. The molecule has 0 aromatic carbocycles. The highest BCUT2D eigenvalue weighted by Gasteiger charge is 2.03. The molecule has 0 aliphatic rings. The van der Waals surface area contributed by atoms with Crippen molar-refractivity contribution in [2.24, 2.45) is 0 Å². The van der Waals surface area contributed by atoms with Crippen molar-refractivity contribution in [3.63, 3.8) is 0 Å². The van der Waals surface area contributed by atoms with Crippen LogP contribution in [0.4, 0.5) is 0 Å². The lowest BCUT2D eigenvalue weighted by atomic mass is 10.1. The molecule has 0 bridgehead atoms. The quantitative estimate of drug-likeness (QED) is 0.727. The average molecular weight is 226 g/mol. The topological polar surface area (TPSA) is 44.9 Å². The van der Waals surface area contributed by atoms with Crippen LogP contribution in [0.25, 0.3) is 0 Å². The van der Waals surface area contributed by atoms with E-state index in [1.54, 1.807) is 12.3 Å². The Bertz CT molecular complexity index is 337. The summed E-state index contributed by atoms with van der Waals surface area (Å²) in [7, 11) is 0. The van der Waals surface area contributed by atoms with Crippen LogP contribution in [0.2, 0.25) is 0 Å². The Hall–Kier alpha value is -0.740. The smallest absolute Gasteiger partial charge is 0.248 e. The molecule has 84 valence electrons. The fourth-order valence-electron chi connectivity index (χ4n) is 1.34. The van der Waals surface area contributed by atoms with Gasteiger partial charge in [-0.25, -0.2) is 0 Å². The first-order chi connectivity index (χ1) is 7.24. The third-order valence-electron chi connectivity index (χ3n) is 2.20. The summed E-state index contributed by atoms with van der Waals surface area (Å²) in [6, 6.07) is 3.82. The van der Waals surface area contributed by atoms with Gasteiger partial charge in [-0.05, 0) is 24.3 Å². The Morgan fingerprint density at radius 1 is 1.60 bits per heavy atom. The Morgan fingerprint density at radius 3 is 3.07 bits per heavy atom. The first kappa shape index (κ1) is 12.3. The van der Waals surface area contributed by atoms with Crippen molar-refractivity contribution in [2.45, 2.75) is 19.9 Å². The van der Waals surface area contributed by atoms with E-state index in [1.165, 1.54) is 0 Å². The molecule has 0 amide bonds. The summed E-state index contributed by atoms with van der Waals surface area (Å²) >= 11 is 1.92. The molecule has 0 fully saturated rings. The van der Waals surface area contributed by atoms with Crippen LogP contribution in [0.15, 0.2) is 23.1 Å². The lowest BCUT2D eigenvalue weighted by molar-refractivity contribution is 0.600. The number of nitrogens with one attached hydrogen (secondary N) is 2. The molecule has 1 atom stereocenters. The number of rotatable bonds is 6. The molecule has 3 nitrogen and oxygen atoms in total. The second-order valence-electron chi connectivity index (χ2n) is 3.36. The number of aromatic amines is 1. The van der Waals surface area contributed by atoms with Gasteiger partial charge in [0.15, 0.2) is 0 Å². The maximum atomic E-state index is 11.1. The van der Waals surface area contributed by atoms with E-state index in [0.29, 0.717) is 0 Å². The van der Waals surface area contributed by atoms with Crippen LogP contribution in [0.5, 0.6) is 0 Å². The standard InChI is InChI=1S/C11H18N2OS/c1-3-15-7-6-12-9(2)10-4-5-13-11(14)8-10/h4-5,8-9,12H,3,6-7H2,1-2H3,(H,13,14). The molecule has 0 saturated heterocycles. The number of H-pyrrole nitrogens is 1. The highest BCUT2D eigenvalue weighted by atomic mass is 32.2. The first-order valence-corrected chi connectivity index (χ1v) is 6.39. The van der Waals surface area contributed by atoms with Crippen molar-refractivity contribution in [2.75, 3.05) is 18.1 Å². The molecule has 0 radical (unpaired) electrons. The Balaban J connectivity index is 2.40. The molecule has 1 aromatic heterocycles. The Labute approximate surface area is 94.7 Å². The van der Waals surface area contributed by atoms with Crippen LogP contribution in [0, 0.1) is 0 Å². The summed E-state index contributed by atoms with van der Waals surface area (Å²) in [6.45, 7) is 5.21. The van der Waals surface area contributed by atoms with Crippen molar-refractivity contribution in [3.05, 3.63) is 34.2 Å². The van der Waals surface area contributed by atoms with Gasteiger partial charge in [0.25, 0.3) is 0 Å². The molecule has 1 aromatic rings. The first-order valence-electron chi connectivity index (χ1n) is 5.23. The summed E-state index contributed by atoms with van der Waals surface area (Å²) in [6.07, 6.45) is 1.69. The maximum absolute atomic E-state index is 11.1. The van der Waals surface area contributed by atoms with E-state index in [-0.39, 0.29) is 11.6 Å². The lowest BCUT2D eigenvalue weighted by Gasteiger charge is -2.13. The van der Waals surface area contributed by atoms with E-state index >= 15 is 0 Å². The normalized spacial score (nSPS) is 12.7. The molecule has 1 unspecified atom stereocenters. The second-order valence-corrected chi connectivity index (χ2v) is 4.75. The van der Waals surface area contributed by atoms with Crippen LogP contribution in [0.1, 0.15) is 25.5 Å². The molecule has 1 heterocycles. The van der Waals surface area contributed by atoms with Gasteiger partial charge in [0.05, 0.1) is 0 Å². The van der Waals surface area contributed by atoms with Crippen LogP contribution in [-0.2, 0) is 0 Å². The number of aromatic nitrogens is 1. The molecular formula is C11H18N2OS. The third kappa shape index (κ3) is 4.53. The van der Waals surface area contributed by atoms with Crippen LogP contribution >= 0.6 is 11.8 Å². The fraction of sp³-hybridized carbons (Fsp3) is 0.545. The zero-order valence-electron chi connectivity index (χ0n) is 9.25. The SMILES string of the molecule is CCSCCNC(C)c1cc[nH]c(=O)c1. The number of hydrogen-bond donors (Lipinski definition) is 2. The highest BCUT2D eigenvalue weighted by Crippen LogP contribution is 2.08. The lowest BCUT2D eigenvalue weighted by Crippen LogP contribution is -2.22. The number of hydrogen-bond acceptors (Lipinski definition) is 3. The fourth-order valence-corrected chi connectivity index (χ4v) is 1.89. The third-order valence-corrected chi connectivity index (χ3v) is 3.10. The van der Waals surface area contributed by atoms with E-state index < -0.39 is 0 Å². The van der Waals surface area contributed by atoms with Crippen molar-refractivity contribution < 1.29 is 0 Å². The largest absolute Gasteiger partial charge is 0.329 e. The zero-order valence-corrected chi connectivity index (χ0v) is 10.1. The van der Waals surface area contributed by atoms with Crippen molar-refractivity contribution >= 4 is 11.8 Å². The predicted octanol–water partition coefficient (Wildman–Crippen LogP) is 1.78. The van der Waals surface area contributed by atoms with E-state index in [4.69, 9.17) is 0 Å². The van der Waals surface area contributed by atoms with Crippen molar-refractivity contribution in [1.29, 1.82) is 0 Å². The molecular weight excluding hydrogens is 208 g/mol. The number of pyridine rings is 1. The van der Waals surface area contributed by atoms with Gasteiger partial charge in [-0.2, -0.15) is 11.8 Å². The summed E-state index contributed by atoms with van der Waals surface area (Å²) in [5, 5.41) is 3.39. The van der Waals surface area contributed by atoms with E-state index in [2.05, 4.69) is 24.1 Å². The summed E-state index contributed by atoms with van der Waals surface area (Å²) in [5.41, 5.74) is 1.00. The minimum Gasteiger partial charge on any atom is -0.329 e. The molecule has 4 heteroatoms. The summed E-state index contributed by atoms with van der Waals surface area (Å²) in [5.74, 6) is 2.27. The van der Waals surface area contributed by atoms with Gasteiger partial charge in [-0.3, -0.25) is 4.79 Å². The van der Waals surface area contributed by atoms with E-state index in [9.17, 15) is 4.79 Å². The minimum absolute atomic E-state index is 0.0379. The molecule has 0 aliphatic carbocycles. The van der Waals surface area contributed by atoms with Gasteiger partial charge in [0.1, 0.15) is 0 Å². The molecule has 15 heavy (non-hydrogen) atoms. The van der Waals surface area contributed by atoms with Crippen LogP contribution < -0.4 is 10.9 Å². The number of thioether (sulfide) groups is 1. The second kappa shape index (κ2) is 6.69. The highest BCUT2D eigenvalue weighted by molar-refractivity contribution is 7.99. The predicted molar refractivity (Wildman–Crippen MR) is 66.5 cm³/mol. The molecule has 0 aliphatic heterocycles.